The molecule has 1 N–H and O–H groups in total. The zero-order chi connectivity index (χ0) is 9.52. The van der Waals surface area contributed by atoms with Crippen LogP contribution in [-0.4, -0.2) is 23.4 Å². The smallest absolute Gasteiger partial charge is 0.172 e. The Morgan fingerprint density at radius 1 is 1.54 bits per heavy atom. The molecule has 0 fully saturated rings. The van der Waals surface area contributed by atoms with Crippen molar-refractivity contribution in [3.63, 3.8) is 0 Å². The Kier molecular flexibility index (Phi) is 3.50. The number of pyridine rings is 1. The maximum absolute atomic E-state index is 7.47. The normalized spacial score (nSPS) is 11.2. The van der Waals surface area contributed by atoms with Crippen LogP contribution in [0.1, 0.15) is 12.6 Å². The summed E-state index contributed by atoms with van der Waals surface area (Å²) in [6.07, 6.45) is 4.56. The molecule has 4 heteroatoms. The standard InChI is InChI=1S/C9H10N4/c1-2-11-7-13-9(10)8-5-3-4-6-12-8/h2-7,10H,1H3. The minimum Gasteiger partial charge on any atom is -0.281 e. The van der Waals surface area contributed by atoms with Gasteiger partial charge in [-0.25, -0.2) is 9.98 Å². The minimum absolute atomic E-state index is 0.117. The lowest BCUT2D eigenvalue weighted by molar-refractivity contribution is 1.25. The van der Waals surface area contributed by atoms with Crippen LogP contribution < -0.4 is 0 Å². The average Bonchev–Trinajstić information content (AvgIpc) is 2.19. The van der Waals surface area contributed by atoms with Crippen molar-refractivity contribution in [2.45, 2.75) is 6.92 Å². The second kappa shape index (κ2) is 4.92. The van der Waals surface area contributed by atoms with Crippen molar-refractivity contribution in [1.29, 1.82) is 5.41 Å². The molecule has 0 amide bonds. The van der Waals surface area contributed by atoms with Gasteiger partial charge in [0.2, 0.25) is 0 Å². The zero-order valence-corrected chi connectivity index (χ0v) is 7.31. The molecular weight excluding hydrogens is 164 g/mol. The van der Waals surface area contributed by atoms with Gasteiger partial charge in [-0.3, -0.25) is 10.4 Å². The van der Waals surface area contributed by atoms with Crippen LogP contribution in [0.4, 0.5) is 0 Å². The Bertz CT molecular complexity index is 327. The summed E-state index contributed by atoms with van der Waals surface area (Å²) in [5.41, 5.74) is 0.546. The van der Waals surface area contributed by atoms with E-state index in [1.54, 1.807) is 31.5 Å². The van der Waals surface area contributed by atoms with Crippen LogP contribution in [0.2, 0.25) is 0 Å². The van der Waals surface area contributed by atoms with Crippen LogP contribution >= 0.6 is 0 Å². The van der Waals surface area contributed by atoms with Gasteiger partial charge in [-0.05, 0) is 19.1 Å². The molecule has 0 aliphatic rings. The Morgan fingerprint density at radius 3 is 3.00 bits per heavy atom. The molecule has 13 heavy (non-hydrogen) atoms. The number of hydrogen-bond acceptors (Lipinski definition) is 2. The summed E-state index contributed by atoms with van der Waals surface area (Å²) < 4.78 is 0. The van der Waals surface area contributed by atoms with Crippen LogP contribution in [-0.2, 0) is 0 Å². The molecule has 4 nitrogen and oxygen atoms in total. The lowest BCUT2D eigenvalue weighted by atomic mass is 10.3. The van der Waals surface area contributed by atoms with E-state index in [1.807, 2.05) is 6.07 Å². The highest BCUT2D eigenvalue weighted by atomic mass is 14.9. The molecule has 66 valence electrons. The molecule has 1 heterocycles. The number of amidine groups is 1. The van der Waals surface area contributed by atoms with Crippen molar-refractivity contribution < 1.29 is 0 Å². The molecule has 0 atom stereocenters. The van der Waals surface area contributed by atoms with Crippen molar-refractivity contribution in [3.05, 3.63) is 30.1 Å². The number of aromatic nitrogens is 1. The topological polar surface area (TPSA) is 61.5 Å². The first-order valence-electron chi connectivity index (χ1n) is 3.85. The van der Waals surface area contributed by atoms with E-state index in [4.69, 9.17) is 5.41 Å². The van der Waals surface area contributed by atoms with Crippen molar-refractivity contribution in [3.8, 4) is 0 Å². The third kappa shape index (κ3) is 2.94. The first kappa shape index (κ1) is 9.25. The molecule has 1 aromatic rings. The van der Waals surface area contributed by atoms with Crippen molar-refractivity contribution >= 4 is 18.4 Å². The lowest BCUT2D eigenvalue weighted by Crippen LogP contribution is -1.97. The monoisotopic (exact) mass is 174 g/mol. The number of hydrogen-bond donors (Lipinski definition) is 1. The maximum Gasteiger partial charge on any atom is 0.172 e. The fourth-order valence-corrected chi connectivity index (χ4v) is 0.727. The Balaban J connectivity index is 2.70. The van der Waals surface area contributed by atoms with Crippen LogP contribution in [0.15, 0.2) is 34.4 Å². The Morgan fingerprint density at radius 2 is 2.38 bits per heavy atom. The van der Waals surface area contributed by atoms with Crippen LogP contribution in [0.5, 0.6) is 0 Å². The summed E-state index contributed by atoms with van der Waals surface area (Å²) in [4.78, 5) is 11.5. The highest BCUT2D eigenvalue weighted by Crippen LogP contribution is 1.94. The summed E-state index contributed by atoms with van der Waals surface area (Å²) in [5, 5.41) is 7.47. The van der Waals surface area contributed by atoms with Gasteiger partial charge in [0, 0.05) is 12.4 Å². The Hall–Kier alpha value is -1.84. The van der Waals surface area contributed by atoms with Gasteiger partial charge < -0.3 is 0 Å². The van der Waals surface area contributed by atoms with Gasteiger partial charge in [0.15, 0.2) is 5.84 Å². The molecule has 0 aliphatic carbocycles. The Labute approximate surface area is 76.6 Å². The third-order valence-corrected chi connectivity index (χ3v) is 1.31. The largest absolute Gasteiger partial charge is 0.281 e. The summed E-state index contributed by atoms with van der Waals surface area (Å²) in [7, 11) is 0. The van der Waals surface area contributed by atoms with Gasteiger partial charge in [-0.15, -0.1) is 0 Å². The van der Waals surface area contributed by atoms with E-state index in [1.165, 1.54) is 6.34 Å². The van der Waals surface area contributed by atoms with Gasteiger partial charge in [0.1, 0.15) is 12.0 Å². The van der Waals surface area contributed by atoms with Gasteiger partial charge in [-0.2, -0.15) is 0 Å². The van der Waals surface area contributed by atoms with Crippen LogP contribution in [0.3, 0.4) is 0 Å². The summed E-state index contributed by atoms with van der Waals surface area (Å²) >= 11 is 0. The summed E-state index contributed by atoms with van der Waals surface area (Å²) in [6.45, 7) is 1.79. The molecular formula is C9H10N4. The SMILES string of the molecule is CC=NC=NC(=N)c1ccccn1. The molecule has 0 saturated heterocycles. The van der Waals surface area contributed by atoms with Crippen molar-refractivity contribution in [2.75, 3.05) is 0 Å². The average molecular weight is 174 g/mol. The summed E-state index contributed by atoms with van der Waals surface area (Å²) in [5.74, 6) is 0.117. The minimum atomic E-state index is 0.117. The van der Waals surface area contributed by atoms with E-state index in [9.17, 15) is 0 Å². The molecule has 0 aliphatic heterocycles. The van der Waals surface area contributed by atoms with Crippen LogP contribution in [0.25, 0.3) is 0 Å². The van der Waals surface area contributed by atoms with E-state index >= 15 is 0 Å². The molecule has 0 bridgehead atoms. The molecule has 1 aromatic heterocycles. The molecule has 0 spiro atoms. The number of nitrogens with one attached hydrogen (secondary N) is 1. The quantitative estimate of drug-likeness (QED) is 0.536. The van der Waals surface area contributed by atoms with E-state index in [2.05, 4.69) is 15.0 Å². The zero-order valence-electron chi connectivity index (χ0n) is 7.31. The fourth-order valence-electron chi connectivity index (χ4n) is 0.727. The van der Waals surface area contributed by atoms with E-state index in [0.29, 0.717) is 5.69 Å². The number of nitrogens with zero attached hydrogens (tertiary/aromatic N) is 3. The maximum atomic E-state index is 7.47. The number of rotatable bonds is 2. The van der Waals surface area contributed by atoms with Gasteiger partial charge in [0.05, 0.1) is 0 Å². The lowest BCUT2D eigenvalue weighted by Gasteiger charge is -1.93. The second-order valence-corrected chi connectivity index (χ2v) is 2.22. The van der Waals surface area contributed by atoms with Gasteiger partial charge >= 0.3 is 0 Å². The second-order valence-electron chi connectivity index (χ2n) is 2.22. The molecule has 1 rings (SSSR count). The summed E-state index contributed by atoms with van der Waals surface area (Å²) in [6, 6.07) is 5.34. The molecule has 0 unspecified atom stereocenters. The van der Waals surface area contributed by atoms with Crippen molar-refractivity contribution in [1.82, 2.24) is 4.98 Å². The first-order chi connectivity index (χ1) is 6.34. The first-order valence-corrected chi connectivity index (χ1v) is 3.85. The van der Waals surface area contributed by atoms with E-state index in [0.717, 1.165) is 0 Å². The van der Waals surface area contributed by atoms with Crippen LogP contribution in [0, 0.1) is 5.41 Å². The highest BCUT2D eigenvalue weighted by molar-refractivity contribution is 5.99. The third-order valence-electron chi connectivity index (χ3n) is 1.31. The van der Waals surface area contributed by atoms with Gasteiger partial charge in [-0.1, -0.05) is 6.07 Å². The van der Waals surface area contributed by atoms with Gasteiger partial charge in [0.25, 0.3) is 0 Å². The predicted molar refractivity (Wildman–Crippen MR) is 53.7 cm³/mol. The highest BCUT2D eigenvalue weighted by Gasteiger charge is 1.96. The predicted octanol–water partition coefficient (Wildman–Crippen LogP) is 1.53. The molecule has 0 aromatic carbocycles. The fraction of sp³-hybridized carbons (Fsp3) is 0.111. The van der Waals surface area contributed by atoms with Crippen molar-refractivity contribution in [2.24, 2.45) is 9.98 Å². The van der Waals surface area contributed by atoms with E-state index < -0.39 is 0 Å². The molecule has 0 radical (unpaired) electrons. The van der Waals surface area contributed by atoms with E-state index in [-0.39, 0.29) is 5.84 Å². The number of aliphatic imine (C=N–C) groups is 2. The molecule has 0 saturated carbocycles.